The van der Waals surface area contributed by atoms with Gasteiger partial charge in [-0.1, -0.05) is 0 Å². The quantitative estimate of drug-likeness (QED) is 0.794. The van der Waals surface area contributed by atoms with Crippen molar-refractivity contribution in [3.8, 4) is 28.6 Å². The Morgan fingerprint density at radius 2 is 1.43 bits per heavy atom. The van der Waals surface area contributed by atoms with Gasteiger partial charge in [0.2, 0.25) is 5.75 Å². The molecule has 3 rings (SSSR count). The summed E-state index contributed by atoms with van der Waals surface area (Å²) in [5, 5.41) is 0. The molecule has 0 fully saturated rings. The Bertz CT molecular complexity index is 804. The van der Waals surface area contributed by atoms with Crippen molar-refractivity contribution in [2.45, 2.75) is 13.8 Å². The highest BCUT2D eigenvalue weighted by atomic mass is 16.5. The first-order valence-electron chi connectivity index (χ1n) is 7.34. The zero-order chi connectivity index (χ0) is 16.6. The molecule has 0 bridgehead atoms. The molecule has 0 saturated heterocycles. The lowest BCUT2D eigenvalue weighted by molar-refractivity contribution is 0.324. The summed E-state index contributed by atoms with van der Waals surface area (Å²) in [6.45, 7) is 4.18. The molecule has 0 amide bonds. The summed E-state index contributed by atoms with van der Waals surface area (Å²) < 4.78 is 16.2. The van der Waals surface area contributed by atoms with E-state index in [0.717, 1.165) is 22.4 Å². The fourth-order valence-electron chi connectivity index (χ4n) is 2.62. The minimum Gasteiger partial charge on any atom is -0.493 e. The molecule has 0 saturated carbocycles. The van der Waals surface area contributed by atoms with Gasteiger partial charge >= 0.3 is 0 Å². The van der Waals surface area contributed by atoms with Crippen LogP contribution in [0.3, 0.4) is 0 Å². The predicted octanol–water partition coefficient (Wildman–Crippen LogP) is 3.87. The van der Waals surface area contributed by atoms with Crippen LogP contribution >= 0.6 is 0 Å². The summed E-state index contributed by atoms with van der Waals surface area (Å²) >= 11 is 0. The minimum atomic E-state index is 0.571. The molecule has 0 aliphatic carbocycles. The molecule has 0 unspecified atom stereocenters. The second-order valence-corrected chi connectivity index (χ2v) is 5.45. The number of nitrogens with one attached hydrogen (secondary N) is 1. The predicted molar refractivity (Wildman–Crippen MR) is 90.7 cm³/mol. The van der Waals surface area contributed by atoms with Gasteiger partial charge in [0.25, 0.3) is 0 Å². The number of benzene rings is 2. The van der Waals surface area contributed by atoms with Gasteiger partial charge in [0.05, 0.1) is 32.4 Å². The maximum Gasteiger partial charge on any atom is 0.203 e. The van der Waals surface area contributed by atoms with Crippen LogP contribution < -0.4 is 14.2 Å². The molecule has 1 N–H and O–H groups in total. The molecular formula is C18H20N2O3. The van der Waals surface area contributed by atoms with Gasteiger partial charge in [-0.15, -0.1) is 0 Å². The molecule has 5 nitrogen and oxygen atoms in total. The molecule has 5 heteroatoms. The molecule has 3 aromatic rings. The number of aromatic nitrogens is 2. The highest BCUT2D eigenvalue weighted by molar-refractivity contribution is 5.81. The SMILES string of the molecule is COc1cc(-c2nc3cc(C)c(C)cc3[nH]2)cc(OC)c1OC. The smallest absolute Gasteiger partial charge is 0.203 e. The number of imidazole rings is 1. The summed E-state index contributed by atoms with van der Waals surface area (Å²) in [6, 6.07) is 7.97. The fraction of sp³-hybridized carbons (Fsp3) is 0.278. The van der Waals surface area contributed by atoms with Gasteiger partial charge in [-0.3, -0.25) is 0 Å². The Balaban J connectivity index is 2.18. The third-order valence-electron chi connectivity index (χ3n) is 4.04. The van der Waals surface area contributed by atoms with Crippen molar-refractivity contribution in [1.29, 1.82) is 0 Å². The minimum absolute atomic E-state index is 0.571. The van der Waals surface area contributed by atoms with Crippen LogP contribution in [0, 0.1) is 13.8 Å². The number of aryl methyl sites for hydroxylation is 2. The molecule has 1 heterocycles. The summed E-state index contributed by atoms with van der Waals surface area (Å²) in [7, 11) is 4.80. The number of rotatable bonds is 4. The summed E-state index contributed by atoms with van der Waals surface area (Å²) in [6.07, 6.45) is 0. The Hall–Kier alpha value is -2.69. The van der Waals surface area contributed by atoms with Crippen LogP contribution in [0.5, 0.6) is 17.2 Å². The van der Waals surface area contributed by atoms with E-state index in [-0.39, 0.29) is 0 Å². The maximum absolute atomic E-state index is 5.41. The lowest BCUT2D eigenvalue weighted by Crippen LogP contribution is -1.96. The monoisotopic (exact) mass is 312 g/mol. The third-order valence-corrected chi connectivity index (χ3v) is 4.04. The first-order chi connectivity index (χ1) is 11.1. The highest BCUT2D eigenvalue weighted by Gasteiger charge is 2.16. The fourth-order valence-corrected chi connectivity index (χ4v) is 2.62. The Morgan fingerprint density at radius 3 is 2.00 bits per heavy atom. The van der Waals surface area contributed by atoms with Gasteiger partial charge in [-0.25, -0.2) is 4.98 Å². The molecule has 2 aromatic carbocycles. The summed E-state index contributed by atoms with van der Waals surface area (Å²) in [5.41, 5.74) is 5.29. The van der Waals surface area contributed by atoms with Crippen molar-refractivity contribution in [3.05, 3.63) is 35.4 Å². The number of hydrogen-bond donors (Lipinski definition) is 1. The third kappa shape index (κ3) is 2.59. The zero-order valence-corrected chi connectivity index (χ0v) is 14.0. The van der Waals surface area contributed by atoms with Crippen molar-refractivity contribution in [2.24, 2.45) is 0 Å². The molecule has 0 spiro atoms. The van der Waals surface area contributed by atoms with Gasteiger partial charge < -0.3 is 19.2 Å². The number of methoxy groups -OCH3 is 3. The molecule has 0 aliphatic rings. The zero-order valence-electron chi connectivity index (χ0n) is 14.0. The Morgan fingerprint density at radius 1 is 0.826 bits per heavy atom. The van der Waals surface area contributed by atoms with Crippen LogP contribution in [0.4, 0.5) is 0 Å². The van der Waals surface area contributed by atoms with Crippen molar-refractivity contribution in [3.63, 3.8) is 0 Å². The van der Waals surface area contributed by atoms with E-state index in [0.29, 0.717) is 17.2 Å². The van der Waals surface area contributed by atoms with Gasteiger partial charge in [0.15, 0.2) is 11.5 Å². The largest absolute Gasteiger partial charge is 0.493 e. The van der Waals surface area contributed by atoms with E-state index in [1.54, 1.807) is 21.3 Å². The standard InChI is InChI=1S/C18H20N2O3/c1-10-6-13-14(7-11(10)2)20-18(19-13)12-8-15(21-3)17(23-5)16(9-12)22-4/h6-9H,1-5H3,(H,19,20). The molecule has 0 radical (unpaired) electrons. The van der Waals surface area contributed by atoms with Crippen LogP contribution in [0.1, 0.15) is 11.1 Å². The van der Waals surface area contributed by atoms with Crippen LogP contribution in [-0.2, 0) is 0 Å². The number of nitrogens with zero attached hydrogens (tertiary/aromatic N) is 1. The van der Waals surface area contributed by atoms with Crippen molar-refractivity contribution in [1.82, 2.24) is 9.97 Å². The first kappa shape index (κ1) is 15.2. The van der Waals surface area contributed by atoms with Crippen molar-refractivity contribution < 1.29 is 14.2 Å². The molecule has 1 aromatic heterocycles. The van der Waals surface area contributed by atoms with Crippen LogP contribution in [-0.4, -0.2) is 31.3 Å². The molecule has 23 heavy (non-hydrogen) atoms. The second-order valence-electron chi connectivity index (χ2n) is 5.45. The number of fused-ring (bicyclic) bond motifs is 1. The van der Waals surface area contributed by atoms with Crippen LogP contribution in [0.15, 0.2) is 24.3 Å². The molecule has 120 valence electrons. The number of ether oxygens (including phenoxy) is 3. The number of H-pyrrole nitrogens is 1. The van der Waals surface area contributed by atoms with Gasteiger partial charge in [-0.2, -0.15) is 0 Å². The summed E-state index contributed by atoms with van der Waals surface area (Å²) in [4.78, 5) is 8.04. The topological polar surface area (TPSA) is 56.4 Å². The second kappa shape index (κ2) is 5.83. The normalized spacial score (nSPS) is 10.8. The van der Waals surface area contributed by atoms with E-state index in [1.807, 2.05) is 12.1 Å². The average Bonchev–Trinajstić information content (AvgIpc) is 2.96. The van der Waals surface area contributed by atoms with E-state index in [9.17, 15) is 0 Å². The first-order valence-corrected chi connectivity index (χ1v) is 7.34. The van der Waals surface area contributed by atoms with E-state index in [4.69, 9.17) is 14.2 Å². The number of aromatic amines is 1. The van der Waals surface area contributed by atoms with Gasteiger partial charge in [0.1, 0.15) is 5.82 Å². The molecule has 0 aliphatic heterocycles. The average molecular weight is 312 g/mol. The van der Waals surface area contributed by atoms with Crippen LogP contribution in [0.25, 0.3) is 22.4 Å². The Labute approximate surface area is 135 Å². The van der Waals surface area contributed by atoms with Crippen molar-refractivity contribution in [2.75, 3.05) is 21.3 Å². The van der Waals surface area contributed by atoms with E-state index < -0.39 is 0 Å². The number of hydrogen-bond acceptors (Lipinski definition) is 4. The lowest BCUT2D eigenvalue weighted by Gasteiger charge is -2.13. The van der Waals surface area contributed by atoms with E-state index >= 15 is 0 Å². The Kier molecular flexibility index (Phi) is 3.86. The molecular weight excluding hydrogens is 292 g/mol. The van der Waals surface area contributed by atoms with E-state index in [2.05, 4.69) is 35.9 Å². The lowest BCUT2D eigenvalue weighted by atomic mass is 10.1. The van der Waals surface area contributed by atoms with E-state index in [1.165, 1.54) is 11.1 Å². The van der Waals surface area contributed by atoms with Crippen LogP contribution in [0.2, 0.25) is 0 Å². The summed E-state index contributed by atoms with van der Waals surface area (Å²) in [5.74, 6) is 2.55. The van der Waals surface area contributed by atoms with Crippen molar-refractivity contribution >= 4 is 11.0 Å². The van der Waals surface area contributed by atoms with Gasteiger partial charge in [-0.05, 0) is 49.2 Å². The molecule has 0 atom stereocenters. The van der Waals surface area contributed by atoms with Gasteiger partial charge in [0, 0.05) is 5.56 Å². The highest BCUT2D eigenvalue weighted by Crippen LogP contribution is 2.40. The maximum atomic E-state index is 5.41.